The number of halogens is 2. The molecular formula is C30H23F2NO3. The first-order chi connectivity index (χ1) is 17.4. The summed E-state index contributed by atoms with van der Waals surface area (Å²) in [6.45, 7) is 1.70. The van der Waals surface area contributed by atoms with Gasteiger partial charge in [0, 0.05) is 11.5 Å². The number of nitrogens with zero attached hydrogens (tertiary/aromatic N) is 1. The smallest absolute Gasteiger partial charge is 0.308 e. The second-order valence-corrected chi connectivity index (χ2v) is 8.83. The number of carboxylic acids is 1. The number of aromatic nitrogens is 1. The van der Waals surface area contributed by atoms with E-state index in [2.05, 4.69) is 4.98 Å². The van der Waals surface area contributed by atoms with Gasteiger partial charge >= 0.3 is 5.97 Å². The molecule has 180 valence electrons. The average Bonchev–Trinajstić information content (AvgIpc) is 3.03. The van der Waals surface area contributed by atoms with Crippen LogP contribution in [0, 0.1) is 17.6 Å². The predicted molar refractivity (Wildman–Crippen MR) is 137 cm³/mol. The van der Waals surface area contributed by atoms with Crippen LogP contribution in [0.15, 0.2) is 66.7 Å². The summed E-state index contributed by atoms with van der Waals surface area (Å²) in [5.74, 6) is -3.38. The highest BCUT2D eigenvalue weighted by Gasteiger charge is 2.24. The molecule has 0 radical (unpaired) electrons. The van der Waals surface area contributed by atoms with Crippen molar-refractivity contribution in [3.63, 3.8) is 0 Å². The van der Waals surface area contributed by atoms with Crippen LogP contribution in [-0.2, 0) is 9.53 Å². The third kappa shape index (κ3) is 4.81. The number of hydrogen-bond donors (Lipinski definition) is 1. The zero-order valence-electron chi connectivity index (χ0n) is 19.5. The van der Waals surface area contributed by atoms with Gasteiger partial charge in [-0.3, -0.25) is 4.79 Å². The lowest BCUT2D eigenvalue weighted by Gasteiger charge is -2.22. The van der Waals surface area contributed by atoms with Gasteiger partial charge in [0.2, 0.25) is 0 Å². The summed E-state index contributed by atoms with van der Waals surface area (Å²) in [5.41, 5.74) is 5.78. The molecule has 0 saturated carbocycles. The molecule has 0 saturated heterocycles. The fourth-order valence-corrected chi connectivity index (χ4v) is 4.22. The number of benzene rings is 3. The molecule has 5 rings (SSSR count). The fraction of sp³-hybridized carbons (Fsp3) is 0.133. The van der Waals surface area contributed by atoms with Crippen LogP contribution in [-0.4, -0.2) is 22.7 Å². The van der Waals surface area contributed by atoms with Crippen molar-refractivity contribution in [1.29, 1.82) is 0 Å². The van der Waals surface area contributed by atoms with Gasteiger partial charge in [-0.15, -0.1) is 0 Å². The van der Waals surface area contributed by atoms with Gasteiger partial charge in [-0.2, -0.15) is 0 Å². The van der Waals surface area contributed by atoms with Gasteiger partial charge in [-0.1, -0.05) is 60.7 Å². The molecule has 0 aliphatic heterocycles. The Hall–Kier alpha value is -4.16. The van der Waals surface area contributed by atoms with Gasteiger partial charge in [0.15, 0.2) is 11.6 Å². The summed E-state index contributed by atoms with van der Waals surface area (Å²) >= 11 is 0. The van der Waals surface area contributed by atoms with Crippen LogP contribution in [0.1, 0.15) is 46.5 Å². The van der Waals surface area contributed by atoms with Gasteiger partial charge in [0.1, 0.15) is 6.10 Å². The molecule has 2 atom stereocenters. The minimum atomic E-state index is -0.932. The summed E-state index contributed by atoms with van der Waals surface area (Å²) in [4.78, 5) is 15.8. The van der Waals surface area contributed by atoms with Gasteiger partial charge in [0.05, 0.1) is 23.7 Å². The second kappa shape index (κ2) is 9.84. The molecule has 0 spiro atoms. The Balaban J connectivity index is 1.49. The first-order valence-electron chi connectivity index (χ1n) is 11.6. The maximum absolute atomic E-state index is 13.6. The van der Waals surface area contributed by atoms with Crippen molar-refractivity contribution >= 4 is 41.2 Å². The number of carbonyl (C=O) groups is 1. The fourth-order valence-electron chi connectivity index (χ4n) is 4.22. The molecule has 1 heterocycles. The lowest BCUT2D eigenvalue weighted by molar-refractivity contribution is -0.143. The van der Waals surface area contributed by atoms with Gasteiger partial charge in [0.25, 0.3) is 0 Å². The number of fused-ring (bicyclic) bond motifs is 3. The zero-order chi connectivity index (χ0) is 25.2. The van der Waals surface area contributed by atoms with E-state index < -0.39 is 29.6 Å². The van der Waals surface area contributed by atoms with Crippen LogP contribution in [0.5, 0.6) is 0 Å². The Labute approximate surface area is 207 Å². The van der Waals surface area contributed by atoms with Crippen LogP contribution < -0.4 is 0 Å². The molecule has 0 amide bonds. The monoisotopic (exact) mass is 483 g/mol. The summed E-state index contributed by atoms with van der Waals surface area (Å²) in [6.07, 6.45) is 7.34. The Morgan fingerprint density at radius 1 is 0.972 bits per heavy atom. The number of carboxylic acid groups (broad SMARTS) is 1. The van der Waals surface area contributed by atoms with Gasteiger partial charge in [-0.05, 0) is 59.0 Å². The average molecular weight is 484 g/mol. The first kappa shape index (κ1) is 23.6. The normalized spacial score (nSPS) is 15.5. The third-order valence-corrected chi connectivity index (χ3v) is 6.25. The number of rotatable bonds is 6. The Morgan fingerprint density at radius 2 is 1.72 bits per heavy atom. The number of pyridine rings is 1. The summed E-state index contributed by atoms with van der Waals surface area (Å²) in [7, 11) is 0. The predicted octanol–water partition coefficient (Wildman–Crippen LogP) is 6.99. The first-order valence-corrected chi connectivity index (χ1v) is 11.6. The highest BCUT2D eigenvalue weighted by atomic mass is 19.2. The quantitative estimate of drug-likeness (QED) is 0.321. The van der Waals surface area contributed by atoms with E-state index in [9.17, 15) is 18.7 Å². The lowest BCUT2D eigenvalue weighted by atomic mass is 9.94. The van der Waals surface area contributed by atoms with Crippen molar-refractivity contribution in [2.24, 2.45) is 5.92 Å². The molecule has 4 aromatic rings. The van der Waals surface area contributed by atoms with E-state index in [0.717, 1.165) is 39.9 Å². The van der Waals surface area contributed by atoms with Gasteiger partial charge < -0.3 is 9.84 Å². The highest BCUT2D eigenvalue weighted by molar-refractivity contribution is 5.82. The Bertz CT molecular complexity index is 1530. The highest BCUT2D eigenvalue weighted by Crippen LogP contribution is 2.36. The summed E-state index contributed by atoms with van der Waals surface area (Å²) in [5, 5.41) is 9.85. The molecule has 2 unspecified atom stereocenters. The van der Waals surface area contributed by atoms with Crippen LogP contribution in [0.25, 0.3) is 35.2 Å². The minimum Gasteiger partial charge on any atom is -0.481 e. The number of hydrogen-bond acceptors (Lipinski definition) is 3. The molecule has 36 heavy (non-hydrogen) atoms. The van der Waals surface area contributed by atoms with Crippen LogP contribution in [0.2, 0.25) is 0 Å². The van der Waals surface area contributed by atoms with E-state index in [1.54, 1.807) is 19.1 Å². The standard InChI is InChI=1S/C30H23F2NO3/c1-18(30(34)35)17-36-29-24-5-3-2-4-20(24)9-10-21-8-6-19(14-25(21)29)7-12-23-13-11-22-15-26(31)27(32)16-28(22)33-23/h2-16,18,29H,17H2,1H3,(H,34,35)/b12-7+. The maximum atomic E-state index is 13.6. The lowest BCUT2D eigenvalue weighted by Crippen LogP contribution is -2.19. The van der Waals surface area contributed by atoms with E-state index in [1.807, 2.05) is 66.8 Å². The number of ether oxygens (including phenoxy) is 1. The molecule has 4 nitrogen and oxygen atoms in total. The van der Waals surface area contributed by atoms with E-state index in [1.165, 1.54) is 0 Å². The number of aliphatic carboxylic acids is 1. The van der Waals surface area contributed by atoms with E-state index >= 15 is 0 Å². The van der Waals surface area contributed by atoms with E-state index in [-0.39, 0.29) is 6.61 Å². The van der Waals surface area contributed by atoms with Crippen molar-refractivity contribution in [3.8, 4) is 0 Å². The molecule has 1 aliphatic carbocycles. The maximum Gasteiger partial charge on any atom is 0.308 e. The van der Waals surface area contributed by atoms with Crippen molar-refractivity contribution in [1.82, 2.24) is 4.98 Å². The van der Waals surface area contributed by atoms with E-state index in [0.29, 0.717) is 16.6 Å². The van der Waals surface area contributed by atoms with Gasteiger partial charge in [-0.25, -0.2) is 13.8 Å². The zero-order valence-corrected chi connectivity index (χ0v) is 19.5. The van der Waals surface area contributed by atoms with Crippen molar-refractivity contribution < 1.29 is 23.4 Å². The largest absolute Gasteiger partial charge is 0.481 e. The van der Waals surface area contributed by atoms with Crippen LogP contribution >= 0.6 is 0 Å². The molecule has 1 aromatic heterocycles. The Kier molecular flexibility index (Phi) is 6.44. The van der Waals surface area contributed by atoms with Crippen molar-refractivity contribution in [3.05, 3.63) is 112 Å². The van der Waals surface area contributed by atoms with Crippen LogP contribution in [0.4, 0.5) is 8.78 Å². The van der Waals surface area contributed by atoms with Crippen LogP contribution in [0.3, 0.4) is 0 Å². The Morgan fingerprint density at radius 3 is 2.53 bits per heavy atom. The minimum absolute atomic E-state index is 0.0754. The van der Waals surface area contributed by atoms with Crippen molar-refractivity contribution in [2.75, 3.05) is 6.61 Å². The molecule has 3 aromatic carbocycles. The molecule has 1 aliphatic rings. The molecule has 0 fully saturated rings. The summed E-state index contributed by atoms with van der Waals surface area (Å²) < 4.78 is 33.3. The SMILES string of the molecule is CC(COC1c2ccccc2C=Cc2ccc(/C=C/c3ccc4cc(F)c(F)cc4n3)cc21)C(=O)O. The second-order valence-electron chi connectivity index (χ2n) is 8.83. The molecule has 0 bridgehead atoms. The topological polar surface area (TPSA) is 59.4 Å². The van der Waals surface area contributed by atoms with E-state index in [4.69, 9.17) is 4.74 Å². The third-order valence-electron chi connectivity index (χ3n) is 6.25. The molecular weight excluding hydrogens is 460 g/mol. The molecule has 1 N–H and O–H groups in total. The van der Waals surface area contributed by atoms with Crippen molar-refractivity contribution in [2.45, 2.75) is 13.0 Å². The molecule has 6 heteroatoms. The summed E-state index contributed by atoms with van der Waals surface area (Å²) in [6, 6.07) is 19.6.